The molecule has 3 aromatic rings. The van der Waals surface area contributed by atoms with Crippen LogP contribution in [0.2, 0.25) is 0 Å². The molecule has 0 aliphatic rings. The predicted octanol–water partition coefficient (Wildman–Crippen LogP) is -1.26. The molecule has 216 valence electrons. The van der Waals surface area contributed by atoms with E-state index in [-0.39, 0.29) is 17.4 Å². The molecule has 0 aliphatic carbocycles. The van der Waals surface area contributed by atoms with Crippen molar-refractivity contribution < 1.29 is 84.9 Å². The van der Waals surface area contributed by atoms with Crippen molar-refractivity contribution in [3.63, 3.8) is 0 Å². The molecule has 0 spiro atoms. The zero-order chi connectivity index (χ0) is 30.7. The van der Waals surface area contributed by atoms with Crippen molar-refractivity contribution >= 4 is 47.7 Å². The van der Waals surface area contributed by atoms with Crippen molar-refractivity contribution in [3.05, 3.63) is 36.4 Å². The van der Waals surface area contributed by atoms with Crippen LogP contribution in [-0.4, -0.2) is 102 Å². The van der Waals surface area contributed by atoms with E-state index in [1.54, 1.807) is 0 Å². The molecule has 0 aromatic heterocycles. The largest absolute Gasteiger partial charge is 3.00 e. The fourth-order valence-corrected chi connectivity index (χ4v) is 4.39. The van der Waals surface area contributed by atoms with E-state index in [9.17, 15) is 38.9 Å². The zero-order valence-electron chi connectivity index (χ0n) is 19.0. The van der Waals surface area contributed by atoms with Gasteiger partial charge < -0.3 is 59.6 Å². The van der Waals surface area contributed by atoms with E-state index in [0.29, 0.717) is 0 Å². The van der Waals surface area contributed by atoms with Gasteiger partial charge in [0.05, 0.1) is 0 Å². The molecule has 0 amide bonds. The second-order valence-electron chi connectivity index (χ2n) is 6.71. The third-order valence-corrected chi connectivity index (χ3v) is 6.73. The molecular formula is C18H15AlO18S3. The van der Waals surface area contributed by atoms with Crippen LogP contribution in [0.5, 0.6) is 51.7 Å². The first-order valence-electron chi connectivity index (χ1n) is 9.11. The second kappa shape index (κ2) is 13.0. The van der Waals surface area contributed by atoms with Crippen LogP contribution in [0.4, 0.5) is 0 Å². The number of hydrogen-bond donors (Lipinski definition) is 9. The molecule has 0 atom stereocenters. The van der Waals surface area contributed by atoms with Gasteiger partial charge in [-0.1, -0.05) is 0 Å². The molecule has 0 fully saturated rings. The maximum Gasteiger partial charge on any atom is 3.00 e. The maximum absolute atomic E-state index is 10.4. The van der Waals surface area contributed by atoms with Crippen molar-refractivity contribution in [1.29, 1.82) is 0 Å². The Hall–Kier alpha value is -3.88. The minimum Gasteiger partial charge on any atom is -0.744 e. The van der Waals surface area contributed by atoms with E-state index in [2.05, 4.69) is 0 Å². The van der Waals surface area contributed by atoms with Crippen molar-refractivity contribution in [2.45, 2.75) is 14.7 Å². The molecule has 0 radical (unpaired) electrons. The average Bonchev–Trinajstić information content (AvgIpc) is 2.75. The second-order valence-corrected chi connectivity index (χ2v) is 10.7. The van der Waals surface area contributed by atoms with Crippen LogP contribution in [0.3, 0.4) is 0 Å². The van der Waals surface area contributed by atoms with Crippen LogP contribution in [0.1, 0.15) is 0 Å². The van der Waals surface area contributed by atoms with Gasteiger partial charge in [0, 0.05) is 0 Å². The van der Waals surface area contributed by atoms with Crippen LogP contribution in [0, 0.1) is 0 Å². The maximum atomic E-state index is 10.4. The Morgan fingerprint density at radius 2 is 0.525 bits per heavy atom. The molecule has 40 heavy (non-hydrogen) atoms. The summed E-state index contributed by atoms with van der Waals surface area (Å²) in [5.41, 5.74) is 0. The minimum atomic E-state index is -5.00. The Morgan fingerprint density at radius 1 is 0.375 bits per heavy atom. The Balaban J connectivity index is 0.000000563. The SMILES string of the molecule is O=S(=O)([O-])c1c(O)ccc(O)c1O.O=S(=O)([O-])c1c(O)ccc(O)c1O.O=S(=O)([O-])c1c(O)ccc(O)c1O.[Al+3]. The van der Waals surface area contributed by atoms with Gasteiger partial charge in [0.15, 0.2) is 34.5 Å². The number of benzene rings is 3. The van der Waals surface area contributed by atoms with Gasteiger partial charge in [-0.05, 0) is 36.4 Å². The van der Waals surface area contributed by atoms with E-state index < -0.39 is 96.8 Å². The Kier molecular flexibility index (Phi) is 11.7. The molecule has 0 heterocycles. The molecular weight excluding hydrogens is 627 g/mol. The van der Waals surface area contributed by atoms with Crippen LogP contribution < -0.4 is 0 Å². The van der Waals surface area contributed by atoms with Gasteiger partial charge in [0.1, 0.15) is 62.3 Å². The van der Waals surface area contributed by atoms with E-state index in [1.165, 1.54) is 0 Å². The average molecular weight is 642 g/mol. The molecule has 22 heteroatoms. The summed E-state index contributed by atoms with van der Waals surface area (Å²) in [6.07, 6.45) is 0. The summed E-state index contributed by atoms with van der Waals surface area (Å²) in [6, 6.07) is 4.96. The van der Waals surface area contributed by atoms with Crippen molar-refractivity contribution in [2.24, 2.45) is 0 Å². The Morgan fingerprint density at radius 3 is 0.650 bits per heavy atom. The summed E-state index contributed by atoms with van der Waals surface area (Å²) in [5.74, 6) is -8.48. The Bertz CT molecular complexity index is 1510. The van der Waals surface area contributed by atoms with Crippen LogP contribution >= 0.6 is 0 Å². The molecule has 0 saturated carbocycles. The molecule has 3 aromatic carbocycles. The molecule has 0 saturated heterocycles. The molecule has 0 bridgehead atoms. The summed E-state index contributed by atoms with van der Waals surface area (Å²) in [7, 11) is -15.0. The zero-order valence-corrected chi connectivity index (χ0v) is 22.6. The third kappa shape index (κ3) is 8.83. The van der Waals surface area contributed by atoms with Gasteiger partial charge in [-0.25, -0.2) is 25.3 Å². The van der Waals surface area contributed by atoms with Gasteiger partial charge in [-0.3, -0.25) is 0 Å². The number of hydrogen-bond acceptors (Lipinski definition) is 18. The van der Waals surface area contributed by atoms with Crippen molar-refractivity contribution in [3.8, 4) is 51.7 Å². The van der Waals surface area contributed by atoms with Gasteiger partial charge in [-0.2, -0.15) is 0 Å². The first-order valence-corrected chi connectivity index (χ1v) is 13.3. The first-order chi connectivity index (χ1) is 17.5. The summed E-state index contributed by atoms with van der Waals surface area (Å²) in [4.78, 5) is -3.65. The third-order valence-electron chi connectivity index (χ3n) is 4.02. The Labute approximate surface area is 234 Å². The summed E-state index contributed by atoms with van der Waals surface area (Å²) in [5, 5.41) is 79.9. The number of rotatable bonds is 3. The number of phenols is 9. The number of phenolic OH excluding ortho intramolecular Hbond substituents is 9. The summed E-state index contributed by atoms with van der Waals surface area (Å²) >= 11 is 0. The van der Waals surface area contributed by atoms with Crippen molar-refractivity contribution in [2.75, 3.05) is 0 Å². The van der Waals surface area contributed by atoms with E-state index in [4.69, 9.17) is 46.0 Å². The van der Waals surface area contributed by atoms with Crippen LogP contribution in [-0.2, 0) is 30.4 Å². The monoisotopic (exact) mass is 642 g/mol. The van der Waals surface area contributed by atoms with E-state index in [0.717, 1.165) is 36.4 Å². The molecule has 0 unspecified atom stereocenters. The number of aromatic hydroxyl groups is 9. The van der Waals surface area contributed by atoms with Gasteiger partial charge in [0.25, 0.3) is 0 Å². The van der Waals surface area contributed by atoms with Gasteiger partial charge in [-0.15, -0.1) is 0 Å². The van der Waals surface area contributed by atoms with Gasteiger partial charge >= 0.3 is 17.4 Å². The normalized spacial score (nSPS) is 11.2. The van der Waals surface area contributed by atoms with E-state index >= 15 is 0 Å². The molecule has 9 N–H and O–H groups in total. The minimum absolute atomic E-state index is 0. The summed E-state index contributed by atoms with van der Waals surface area (Å²) in [6.45, 7) is 0. The quantitative estimate of drug-likeness (QED) is 0.0696. The van der Waals surface area contributed by atoms with Crippen molar-refractivity contribution in [1.82, 2.24) is 0 Å². The first kappa shape index (κ1) is 36.1. The standard InChI is InChI=1S/3C6H6O6S.Al/c3*7-3-1-2-4(8)6(5(3)9)13(10,11)12;/h3*1-2,7-9H,(H,10,11,12);/q;;;+3/p-3. The van der Waals surface area contributed by atoms with Crippen LogP contribution in [0.25, 0.3) is 0 Å². The smallest absolute Gasteiger partial charge is 0.744 e. The topological polar surface area (TPSA) is 354 Å². The fourth-order valence-electron chi connectivity index (χ4n) is 2.39. The molecule has 18 nitrogen and oxygen atoms in total. The summed E-state index contributed by atoms with van der Waals surface area (Å²) < 4.78 is 94.0. The predicted molar refractivity (Wildman–Crippen MR) is 124 cm³/mol. The van der Waals surface area contributed by atoms with Crippen LogP contribution in [0.15, 0.2) is 51.1 Å². The fraction of sp³-hybridized carbons (Fsp3) is 0. The molecule has 3 rings (SSSR count). The van der Waals surface area contributed by atoms with E-state index in [1.807, 2.05) is 0 Å². The van der Waals surface area contributed by atoms with Gasteiger partial charge in [0.2, 0.25) is 0 Å². The molecule has 0 aliphatic heterocycles.